The minimum atomic E-state index is -0.781. The van der Waals surface area contributed by atoms with Crippen molar-refractivity contribution in [2.75, 3.05) is 13.2 Å². The van der Waals surface area contributed by atoms with E-state index in [4.69, 9.17) is 14.2 Å². The predicted molar refractivity (Wildman–Crippen MR) is 362 cm³/mol. The number of hydrogen-bond donors (Lipinski definition) is 0. The molecule has 0 rings (SSSR count). The summed E-state index contributed by atoms with van der Waals surface area (Å²) in [5.41, 5.74) is 0. The van der Waals surface area contributed by atoms with Crippen LogP contribution >= 0.6 is 0 Å². The molecule has 0 aliphatic heterocycles. The molecule has 0 saturated heterocycles. The first-order chi connectivity index (χ1) is 41.0. The highest BCUT2D eigenvalue weighted by atomic mass is 16.6. The Balaban J connectivity index is 4.31. The van der Waals surface area contributed by atoms with Gasteiger partial charge in [-0.3, -0.25) is 14.4 Å². The Morgan fingerprint density at radius 2 is 0.434 bits per heavy atom. The average molecular weight is 1160 g/mol. The van der Waals surface area contributed by atoms with E-state index in [9.17, 15) is 14.4 Å². The van der Waals surface area contributed by atoms with Crippen molar-refractivity contribution < 1.29 is 28.6 Å². The Hall–Kier alpha value is -3.15. The normalized spacial score (nSPS) is 12.5. The van der Waals surface area contributed by atoms with Crippen LogP contribution < -0.4 is 0 Å². The van der Waals surface area contributed by atoms with Gasteiger partial charge in [0.05, 0.1) is 0 Å². The largest absolute Gasteiger partial charge is 0.462 e. The van der Waals surface area contributed by atoms with Crippen LogP contribution in [0.2, 0.25) is 0 Å². The second kappa shape index (κ2) is 71.3. The maximum atomic E-state index is 13.0. The van der Waals surface area contributed by atoms with Gasteiger partial charge in [-0.25, -0.2) is 0 Å². The molecule has 0 heterocycles. The molecule has 0 bridgehead atoms. The van der Waals surface area contributed by atoms with Crippen LogP contribution in [0.25, 0.3) is 0 Å². The van der Waals surface area contributed by atoms with E-state index in [2.05, 4.69) is 93.7 Å². The first kappa shape index (κ1) is 79.8. The lowest BCUT2D eigenvalue weighted by Gasteiger charge is -2.18. The average Bonchev–Trinajstić information content (AvgIpc) is 3.49. The smallest absolute Gasteiger partial charge is 0.306 e. The fraction of sp³-hybridized carbons (Fsp3) is 0.805. The number of esters is 3. The van der Waals surface area contributed by atoms with Crippen LogP contribution in [0.15, 0.2) is 72.9 Å². The summed E-state index contributed by atoms with van der Waals surface area (Å²) in [5.74, 6) is -0.861. The number of carbonyl (C=O) groups is 3. The molecule has 0 N–H and O–H groups in total. The van der Waals surface area contributed by atoms with Gasteiger partial charge in [-0.2, -0.15) is 0 Å². The highest BCUT2D eigenvalue weighted by Gasteiger charge is 2.19. The van der Waals surface area contributed by atoms with Crippen molar-refractivity contribution >= 4 is 17.9 Å². The quantitative estimate of drug-likeness (QED) is 0.0261. The van der Waals surface area contributed by atoms with Crippen LogP contribution in [0, 0.1) is 0 Å². The fourth-order valence-corrected chi connectivity index (χ4v) is 10.7. The molecule has 0 aliphatic carbocycles. The Kier molecular flexibility index (Phi) is 68.6. The van der Waals surface area contributed by atoms with Gasteiger partial charge >= 0.3 is 17.9 Å². The van der Waals surface area contributed by atoms with Gasteiger partial charge in [0.15, 0.2) is 6.10 Å². The lowest BCUT2D eigenvalue weighted by molar-refractivity contribution is -0.167. The third-order valence-corrected chi connectivity index (χ3v) is 16.2. The van der Waals surface area contributed by atoms with E-state index in [1.165, 1.54) is 250 Å². The van der Waals surface area contributed by atoms with E-state index in [0.29, 0.717) is 19.3 Å². The Bertz CT molecular complexity index is 1520. The van der Waals surface area contributed by atoms with Crippen molar-refractivity contribution in [3.8, 4) is 0 Å². The molecule has 83 heavy (non-hydrogen) atoms. The maximum Gasteiger partial charge on any atom is 0.306 e. The minimum absolute atomic E-state index is 0.0749. The van der Waals surface area contributed by atoms with Gasteiger partial charge in [0.2, 0.25) is 0 Å². The highest BCUT2D eigenvalue weighted by molar-refractivity contribution is 5.71. The molecule has 482 valence electrons. The standard InChI is InChI=1S/C77H138O6/c1-4-7-10-13-16-19-22-25-28-30-32-34-36-37-38-39-41-42-44-46-49-52-55-58-61-64-67-70-76(79)82-73-74(72-81-75(78)69-66-63-60-57-54-51-48-27-24-21-18-15-12-9-6-3)83-77(80)71-68-65-62-59-56-53-50-47-45-43-40-35-33-31-29-26-23-20-17-14-11-8-5-2/h22-23,25-26,30-33,36-37,40,43,74H,4-21,24,27-29,34-35,38-39,41-42,44-73H2,1-3H3/b25-22-,26-23-,32-30-,33-31-,37-36-,43-40-. The second-order valence-corrected chi connectivity index (χ2v) is 24.5. The van der Waals surface area contributed by atoms with Crippen molar-refractivity contribution in [3.05, 3.63) is 72.9 Å². The van der Waals surface area contributed by atoms with E-state index in [1.54, 1.807) is 0 Å². The zero-order chi connectivity index (χ0) is 59.9. The number of rotatable bonds is 67. The third-order valence-electron chi connectivity index (χ3n) is 16.2. The summed E-state index contributed by atoms with van der Waals surface area (Å²) in [6.45, 7) is 6.67. The fourth-order valence-electron chi connectivity index (χ4n) is 10.7. The van der Waals surface area contributed by atoms with Crippen LogP contribution in [-0.2, 0) is 28.6 Å². The molecule has 0 aliphatic rings. The van der Waals surface area contributed by atoms with Gasteiger partial charge in [0.25, 0.3) is 0 Å². The zero-order valence-electron chi connectivity index (χ0n) is 55.5. The van der Waals surface area contributed by atoms with Crippen molar-refractivity contribution in [1.29, 1.82) is 0 Å². The van der Waals surface area contributed by atoms with Gasteiger partial charge in [-0.05, 0) is 96.3 Å². The van der Waals surface area contributed by atoms with Gasteiger partial charge in [0.1, 0.15) is 13.2 Å². The summed E-state index contributed by atoms with van der Waals surface area (Å²) >= 11 is 0. The SMILES string of the molecule is CCCCCCC/C=C\C/C=C\C/C=C\CCCCCCCCCCCCCCC(=O)OCC(COC(=O)CCCCCCCCCCCCCCCCC)OC(=O)CCCCCCCCCC/C=C\C/C=C\C/C=C\CCCCCCC. The molecule has 0 saturated carbocycles. The summed E-state index contributed by atoms with van der Waals surface area (Å²) in [6, 6.07) is 0. The van der Waals surface area contributed by atoms with E-state index in [0.717, 1.165) is 89.9 Å². The zero-order valence-corrected chi connectivity index (χ0v) is 55.5. The molecule has 0 aromatic carbocycles. The van der Waals surface area contributed by atoms with Crippen LogP contribution in [0.1, 0.15) is 380 Å². The molecule has 1 atom stereocenters. The van der Waals surface area contributed by atoms with Crippen molar-refractivity contribution in [2.45, 2.75) is 386 Å². The maximum absolute atomic E-state index is 13.0. The van der Waals surface area contributed by atoms with Gasteiger partial charge < -0.3 is 14.2 Å². The van der Waals surface area contributed by atoms with E-state index >= 15 is 0 Å². The summed E-state index contributed by atoms with van der Waals surface area (Å²) in [5, 5.41) is 0. The van der Waals surface area contributed by atoms with Gasteiger partial charge in [0, 0.05) is 19.3 Å². The van der Waals surface area contributed by atoms with Crippen LogP contribution in [0.5, 0.6) is 0 Å². The molecule has 0 amide bonds. The molecule has 6 nitrogen and oxygen atoms in total. The molecule has 0 spiro atoms. The first-order valence-electron chi connectivity index (χ1n) is 36.4. The molecule has 6 heteroatoms. The van der Waals surface area contributed by atoms with Gasteiger partial charge in [-0.15, -0.1) is 0 Å². The minimum Gasteiger partial charge on any atom is -0.462 e. The van der Waals surface area contributed by atoms with Crippen molar-refractivity contribution in [2.24, 2.45) is 0 Å². The Labute approximate surface area is 516 Å². The van der Waals surface area contributed by atoms with E-state index < -0.39 is 6.10 Å². The number of unbranched alkanes of at least 4 members (excludes halogenated alkanes) is 44. The van der Waals surface area contributed by atoms with Gasteiger partial charge in [-0.1, -0.05) is 338 Å². The Morgan fingerprint density at radius 1 is 0.241 bits per heavy atom. The molecule has 0 fully saturated rings. The van der Waals surface area contributed by atoms with Crippen molar-refractivity contribution in [1.82, 2.24) is 0 Å². The molecular weight excluding hydrogens is 1020 g/mol. The number of allylic oxidation sites excluding steroid dienone is 12. The molecule has 0 aromatic heterocycles. The lowest BCUT2D eigenvalue weighted by atomic mass is 10.0. The topological polar surface area (TPSA) is 78.9 Å². The molecule has 0 radical (unpaired) electrons. The lowest BCUT2D eigenvalue weighted by Crippen LogP contribution is -2.30. The van der Waals surface area contributed by atoms with E-state index in [1.807, 2.05) is 0 Å². The predicted octanol–water partition coefficient (Wildman–Crippen LogP) is 25.2. The Morgan fingerprint density at radius 3 is 0.675 bits per heavy atom. The number of ether oxygens (including phenoxy) is 3. The molecular formula is C77H138O6. The summed E-state index contributed by atoms with van der Waals surface area (Å²) in [6.07, 6.45) is 93.5. The first-order valence-corrected chi connectivity index (χ1v) is 36.4. The number of carbonyl (C=O) groups excluding carboxylic acids is 3. The van der Waals surface area contributed by atoms with Crippen LogP contribution in [0.3, 0.4) is 0 Å². The molecule has 1 unspecified atom stereocenters. The number of hydrogen-bond acceptors (Lipinski definition) is 6. The summed E-state index contributed by atoms with van der Waals surface area (Å²) in [4.78, 5) is 38.5. The van der Waals surface area contributed by atoms with Crippen molar-refractivity contribution in [3.63, 3.8) is 0 Å². The highest BCUT2D eigenvalue weighted by Crippen LogP contribution is 2.18. The molecule has 0 aromatic rings. The van der Waals surface area contributed by atoms with Crippen LogP contribution in [-0.4, -0.2) is 37.2 Å². The second-order valence-electron chi connectivity index (χ2n) is 24.5. The van der Waals surface area contributed by atoms with E-state index in [-0.39, 0.29) is 31.1 Å². The van der Waals surface area contributed by atoms with Crippen LogP contribution in [0.4, 0.5) is 0 Å². The monoisotopic (exact) mass is 1160 g/mol. The third kappa shape index (κ3) is 69.5. The summed E-state index contributed by atoms with van der Waals surface area (Å²) < 4.78 is 17.0. The summed E-state index contributed by atoms with van der Waals surface area (Å²) in [7, 11) is 0.